The van der Waals surface area contributed by atoms with Gasteiger partial charge in [0.25, 0.3) is 0 Å². The van der Waals surface area contributed by atoms with Gasteiger partial charge in [-0.3, -0.25) is 4.79 Å². The number of nitrogens with one attached hydrogen (secondary N) is 1. The van der Waals surface area contributed by atoms with Crippen molar-refractivity contribution in [1.29, 1.82) is 0 Å². The molecule has 4 nitrogen and oxygen atoms in total. The lowest BCUT2D eigenvalue weighted by Gasteiger charge is -2.31. The normalized spacial score (nSPS) is 19.4. The van der Waals surface area contributed by atoms with Crippen molar-refractivity contribution in [2.45, 2.75) is 39.7 Å². The predicted molar refractivity (Wildman–Crippen MR) is 77.9 cm³/mol. The molecule has 0 saturated carbocycles. The summed E-state index contributed by atoms with van der Waals surface area (Å²) < 4.78 is 0. The number of carbonyl (C=O) groups is 1. The average molecular weight is 278 g/mol. The average Bonchev–Trinajstić information content (AvgIpc) is 2.30. The summed E-state index contributed by atoms with van der Waals surface area (Å²) in [7, 11) is 0. The maximum absolute atomic E-state index is 12.0. The minimum absolute atomic E-state index is 0. The third kappa shape index (κ3) is 5.55. The number of nitrogens with two attached hydrogens (primary N) is 1. The number of carbonyl (C=O) groups excluding carboxylic acids is 1. The Kier molecular flexibility index (Phi) is 8.57. The topological polar surface area (TPSA) is 58.4 Å². The zero-order chi connectivity index (χ0) is 12.8. The first-order valence-electron chi connectivity index (χ1n) is 6.77. The van der Waals surface area contributed by atoms with Crippen molar-refractivity contribution in [1.82, 2.24) is 10.2 Å². The highest BCUT2D eigenvalue weighted by Crippen LogP contribution is 2.17. The molecule has 0 aromatic rings. The Balaban J connectivity index is 0.00000289. The van der Waals surface area contributed by atoms with Crippen molar-refractivity contribution in [2.24, 2.45) is 17.6 Å². The molecule has 0 aromatic carbocycles. The number of hydrogen-bond acceptors (Lipinski definition) is 3. The minimum atomic E-state index is 0. The van der Waals surface area contributed by atoms with Crippen LogP contribution in [0.4, 0.5) is 0 Å². The van der Waals surface area contributed by atoms with E-state index in [2.05, 4.69) is 31.0 Å². The summed E-state index contributed by atoms with van der Waals surface area (Å²) in [5.41, 5.74) is 5.53. The Morgan fingerprint density at radius 3 is 2.33 bits per heavy atom. The van der Waals surface area contributed by atoms with Crippen molar-refractivity contribution < 1.29 is 4.79 Å². The van der Waals surface area contributed by atoms with Gasteiger partial charge in [0.15, 0.2) is 0 Å². The lowest BCUT2D eigenvalue weighted by molar-refractivity contribution is -0.127. The van der Waals surface area contributed by atoms with Gasteiger partial charge in [0, 0.05) is 25.0 Å². The van der Waals surface area contributed by atoms with Gasteiger partial charge < -0.3 is 16.0 Å². The van der Waals surface area contributed by atoms with Gasteiger partial charge in [-0.25, -0.2) is 0 Å². The van der Waals surface area contributed by atoms with Crippen LogP contribution in [0.3, 0.4) is 0 Å². The van der Waals surface area contributed by atoms with E-state index in [1.807, 2.05) is 0 Å². The summed E-state index contributed by atoms with van der Waals surface area (Å²) in [6.07, 6.45) is 1.94. The summed E-state index contributed by atoms with van der Waals surface area (Å²) in [5.74, 6) is 0.931. The monoisotopic (exact) mass is 277 g/mol. The second-order valence-electron chi connectivity index (χ2n) is 5.45. The number of amides is 1. The molecule has 1 aliphatic rings. The molecular weight excluding hydrogens is 250 g/mol. The maximum Gasteiger partial charge on any atom is 0.223 e. The van der Waals surface area contributed by atoms with Gasteiger partial charge >= 0.3 is 0 Å². The zero-order valence-electron chi connectivity index (χ0n) is 11.8. The van der Waals surface area contributed by atoms with Gasteiger partial charge in [0.05, 0.1) is 0 Å². The van der Waals surface area contributed by atoms with Crippen LogP contribution < -0.4 is 11.1 Å². The first-order valence-corrected chi connectivity index (χ1v) is 6.77. The molecule has 0 bridgehead atoms. The quantitative estimate of drug-likeness (QED) is 0.795. The molecule has 0 aliphatic carbocycles. The number of rotatable bonds is 5. The number of nitrogens with zero attached hydrogens (tertiary/aromatic N) is 1. The van der Waals surface area contributed by atoms with Crippen LogP contribution in [0.2, 0.25) is 0 Å². The fourth-order valence-electron chi connectivity index (χ4n) is 2.11. The molecular formula is C13H28ClN3O. The molecule has 3 N–H and O–H groups in total. The van der Waals surface area contributed by atoms with E-state index < -0.39 is 0 Å². The van der Waals surface area contributed by atoms with Crippen molar-refractivity contribution in [3.05, 3.63) is 0 Å². The summed E-state index contributed by atoms with van der Waals surface area (Å²) in [5, 5.41) is 3.11. The maximum atomic E-state index is 12.0. The van der Waals surface area contributed by atoms with Crippen LogP contribution in [0.15, 0.2) is 0 Å². The molecule has 108 valence electrons. The van der Waals surface area contributed by atoms with E-state index in [0.717, 1.165) is 32.5 Å². The van der Waals surface area contributed by atoms with Gasteiger partial charge in [0.1, 0.15) is 0 Å². The van der Waals surface area contributed by atoms with Gasteiger partial charge in [-0.05, 0) is 38.8 Å². The van der Waals surface area contributed by atoms with Crippen molar-refractivity contribution in [3.63, 3.8) is 0 Å². The molecule has 5 heteroatoms. The van der Waals surface area contributed by atoms with E-state index in [9.17, 15) is 4.79 Å². The zero-order valence-corrected chi connectivity index (χ0v) is 12.6. The lowest BCUT2D eigenvalue weighted by Crippen LogP contribution is -2.45. The highest BCUT2D eigenvalue weighted by molar-refractivity contribution is 5.85. The smallest absolute Gasteiger partial charge is 0.223 e. The Labute approximate surface area is 117 Å². The van der Waals surface area contributed by atoms with Gasteiger partial charge in [0.2, 0.25) is 5.91 Å². The van der Waals surface area contributed by atoms with Crippen LogP contribution in [0.5, 0.6) is 0 Å². The first-order chi connectivity index (χ1) is 8.04. The van der Waals surface area contributed by atoms with E-state index in [0.29, 0.717) is 12.5 Å². The summed E-state index contributed by atoms with van der Waals surface area (Å²) in [4.78, 5) is 14.4. The van der Waals surface area contributed by atoms with Crippen LogP contribution in [-0.4, -0.2) is 43.0 Å². The standard InChI is InChI=1S/C13H27N3O.ClH/c1-10(2)11(3)15-13(17)12-4-7-16(8-5-12)9-6-14;/h10-12H,4-9,14H2,1-3H3,(H,15,17);1H. The van der Waals surface area contributed by atoms with Crippen molar-refractivity contribution in [3.8, 4) is 0 Å². The summed E-state index contributed by atoms with van der Waals surface area (Å²) in [6.45, 7) is 10.0. The molecule has 0 aromatic heterocycles. The first kappa shape index (κ1) is 17.7. The Morgan fingerprint density at radius 2 is 1.89 bits per heavy atom. The molecule has 1 rings (SSSR count). The summed E-state index contributed by atoms with van der Waals surface area (Å²) >= 11 is 0. The van der Waals surface area contributed by atoms with Gasteiger partial charge in [-0.1, -0.05) is 13.8 Å². The SMILES string of the molecule is CC(C)C(C)NC(=O)C1CCN(CCN)CC1.Cl. The Hall–Kier alpha value is -0.320. The van der Waals surface area contributed by atoms with Gasteiger partial charge in [-0.2, -0.15) is 0 Å². The Morgan fingerprint density at radius 1 is 1.33 bits per heavy atom. The number of piperidine rings is 1. The number of halogens is 1. The van der Waals surface area contributed by atoms with Crippen LogP contribution >= 0.6 is 12.4 Å². The molecule has 0 spiro atoms. The molecule has 18 heavy (non-hydrogen) atoms. The highest BCUT2D eigenvalue weighted by atomic mass is 35.5. The van der Waals surface area contributed by atoms with E-state index in [1.165, 1.54) is 0 Å². The minimum Gasteiger partial charge on any atom is -0.353 e. The van der Waals surface area contributed by atoms with Crippen molar-refractivity contribution >= 4 is 18.3 Å². The molecule has 1 unspecified atom stereocenters. The summed E-state index contributed by atoms with van der Waals surface area (Å²) in [6, 6.07) is 0.268. The second-order valence-corrected chi connectivity index (χ2v) is 5.45. The number of likely N-dealkylation sites (tertiary alicyclic amines) is 1. The third-order valence-electron chi connectivity index (χ3n) is 3.77. The van der Waals surface area contributed by atoms with Crippen molar-refractivity contribution in [2.75, 3.05) is 26.2 Å². The van der Waals surface area contributed by atoms with E-state index >= 15 is 0 Å². The largest absolute Gasteiger partial charge is 0.353 e. The van der Waals surface area contributed by atoms with Gasteiger partial charge in [-0.15, -0.1) is 12.4 Å². The molecule has 1 fully saturated rings. The predicted octanol–water partition coefficient (Wildman–Crippen LogP) is 1.24. The molecule has 1 heterocycles. The van der Waals surface area contributed by atoms with E-state index in [1.54, 1.807) is 0 Å². The van der Waals surface area contributed by atoms with Crippen LogP contribution in [0.1, 0.15) is 33.6 Å². The van der Waals surface area contributed by atoms with E-state index in [-0.39, 0.29) is 30.3 Å². The molecule has 1 aliphatic heterocycles. The fraction of sp³-hybridized carbons (Fsp3) is 0.923. The van der Waals surface area contributed by atoms with Crippen LogP contribution in [0, 0.1) is 11.8 Å². The Bertz CT molecular complexity index is 240. The second kappa shape index (κ2) is 8.73. The fourth-order valence-corrected chi connectivity index (χ4v) is 2.11. The third-order valence-corrected chi connectivity index (χ3v) is 3.77. The molecule has 1 amide bonds. The molecule has 0 radical (unpaired) electrons. The highest BCUT2D eigenvalue weighted by Gasteiger charge is 2.25. The lowest BCUT2D eigenvalue weighted by atomic mass is 9.95. The van der Waals surface area contributed by atoms with E-state index in [4.69, 9.17) is 5.73 Å². The number of hydrogen-bond donors (Lipinski definition) is 2. The molecule has 1 saturated heterocycles. The molecule has 1 atom stereocenters. The van der Waals surface area contributed by atoms with Crippen LogP contribution in [0.25, 0.3) is 0 Å². The van der Waals surface area contributed by atoms with Crippen LogP contribution in [-0.2, 0) is 4.79 Å².